The summed E-state index contributed by atoms with van der Waals surface area (Å²) >= 11 is 1.19. The van der Waals surface area contributed by atoms with Gasteiger partial charge in [0.05, 0.1) is 18.7 Å². The van der Waals surface area contributed by atoms with Crippen molar-refractivity contribution < 1.29 is 14.3 Å². The lowest BCUT2D eigenvalue weighted by Crippen LogP contribution is -2.17. The molecular weight excluding hydrogens is 294 g/mol. The van der Waals surface area contributed by atoms with Gasteiger partial charge in [0.2, 0.25) is 5.56 Å². The second-order valence-electron chi connectivity index (χ2n) is 4.01. The number of carbonyl (C=O) groups excluding carboxylic acids is 2. The number of hydrogen-bond donors (Lipinski definition) is 2. The van der Waals surface area contributed by atoms with Gasteiger partial charge in [-0.3, -0.25) is 19.7 Å². The van der Waals surface area contributed by atoms with Gasteiger partial charge in [0.1, 0.15) is 5.69 Å². The highest BCUT2D eigenvalue weighted by molar-refractivity contribution is 7.14. The van der Waals surface area contributed by atoms with Crippen molar-refractivity contribution in [3.63, 3.8) is 0 Å². The molecule has 0 spiro atoms. The summed E-state index contributed by atoms with van der Waals surface area (Å²) in [5, 5.41) is 4.58. The van der Waals surface area contributed by atoms with Crippen LogP contribution in [-0.4, -0.2) is 28.5 Å². The van der Waals surface area contributed by atoms with Crippen LogP contribution in [0.3, 0.4) is 0 Å². The van der Waals surface area contributed by atoms with Gasteiger partial charge in [0.15, 0.2) is 5.13 Å². The zero-order chi connectivity index (χ0) is 15.2. The van der Waals surface area contributed by atoms with Crippen LogP contribution in [0.1, 0.15) is 23.1 Å². The third kappa shape index (κ3) is 4.25. The Morgan fingerprint density at radius 1 is 1.43 bits per heavy atom. The van der Waals surface area contributed by atoms with Crippen molar-refractivity contribution >= 4 is 28.3 Å². The van der Waals surface area contributed by atoms with E-state index in [0.29, 0.717) is 17.4 Å². The van der Waals surface area contributed by atoms with Crippen LogP contribution in [0.5, 0.6) is 0 Å². The number of aromatic amines is 1. The molecule has 2 aromatic rings. The van der Waals surface area contributed by atoms with Crippen molar-refractivity contribution in [1.82, 2.24) is 9.97 Å². The first-order valence-electron chi connectivity index (χ1n) is 6.19. The number of amides is 1. The summed E-state index contributed by atoms with van der Waals surface area (Å²) in [6, 6.07) is 4.29. The van der Waals surface area contributed by atoms with Gasteiger partial charge in [0, 0.05) is 11.4 Å². The van der Waals surface area contributed by atoms with Crippen LogP contribution >= 0.6 is 11.3 Å². The number of rotatable bonds is 5. The Bertz CT molecular complexity index is 707. The fourth-order valence-corrected chi connectivity index (χ4v) is 2.26. The predicted octanol–water partition coefficient (Wildman–Crippen LogP) is 1.19. The van der Waals surface area contributed by atoms with Crippen molar-refractivity contribution in [2.24, 2.45) is 0 Å². The van der Waals surface area contributed by atoms with Crippen LogP contribution in [0.25, 0.3) is 0 Å². The van der Waals surface area contributed by atoms with E-state index in [1.54, 1.807) is 12.3 Å². The van der Waals surface area contributed by atoms with E-state index in [1.807, 2.05) is 0 Å². The lowest BCUT2D eigenvalue weighted by molar-refractivity contribution is -0.142. The third-order valence-electron chi connectivity index (χ3n) is 2.42. The van der Waals surface area contributed by atoms with E-state index in [4.69, 9.17) is 4.74 Å². The van der Waals surface area contributed by atoms with Gasteiger partial charge in [-0.2, -0.15) is 0 Å². The number of anilines is 1. The Hall–Kier alpha value is -2.48. The van der Waals surface area contributed by atoms with Gasteiger partial charge in [-0.05, 0) is 13.0 Å². The van der Waals surface area contributed by atoms with Crippen molar-refractivity contribution in [3.05, 3.63) is 45.3 Å². The monoisotopic (exact) mass is 307 g/mol. The molecular formula is C13H13N3O4S. The van der Waals surface area contributed by atoms with Gasteiger partial charge in [-0.25, -0.2) is 4.98 Å². The lowest BCUT2D eigenvalue weighted by atomic mass is 10.3. The van der Waals surface area contributed by atoms with E-state index < -0.39 is 5.91 Å². The molecule has 2 N–H and O–H groups in total. The first-order chi connectivity index (χ1) is 10.1. The largest absolute Gasteiger partial charge is 0.466 e. The van der Waals surface area contributed by atoms with Crippen LogP contribution in [0.15, 0.2) is 28.4 Å². The van der Waals surface area contributed by atoms with Crippen molar-refractivity contribution in [2.75, 3.05) is 11.9 Å². The SMILES string of the molecule is CCOC(=O)Cc1csc(NC(=O)c2cccc(=O)[nH]2)n1. The molecule has 0 aliphatic carbocycles. The number of pyridine rings is 1. The van der Waals surface area contributed by atoms with Crippen LogP contribution in [0, 0.1) is 0 Å². The minimum absolute atomic E-state index is 0.0579. The maximum atomic E-state index is 11.9. The van der Waals surface area contributed by atoms with Gasteiger partial charge < -0.3 is 9.72 Å². The molecule has 1 amide bonds. The maximum Gasteiger partial charge on any atom is 0.311 e. The average Bonchev–Trinajstić information content (AvgIpc) is 2.86. The molecule has 2 aromatic heterocycles. The van der Waals surface area contributed by atoms with E-state index in [0.717, 1.165) is 0 Å². The Morgan fingerprint density at radius 3 is 2.95 bits per heavy atom. The maximum absolute atomic E-state index is 11.9. The number of nitrogens with one attached hydrogen (secondary N) is 2. The molecule has 0 saturated heterocycles. The van der Waals surface area contributed by atoms with Crippen molar-refractivity contribution in [2.45, 2.75) is 13.3 Å². The summed E-state index contributed by atoms with van der Waals surface area (Å²) < 4.78 is 4.82. The predicted molar refractivity (Wildman–Crippen MR) is 77.5 cm³/mol. The Morgan fingerprint density at radius 2 is 2.24 bits per heavy atom. The van der Waals surface area contributed by atoms with E-state index in [-0.39, 0.29) is 23.6 Å². The molecule has 2 rings (SSSR count). The van der Waals surface area contributed by atoms with Gasteiger partial charge in [-0.1, -0.05) is 6.07 Å². The average molecular weight is 307 g/mol. The molecule has 110 valence electrons. The summed E-state index contributed by atoms with van der Waals surface area (Å²) in [7, 11) is 0. The Balaban J connectivity index is 2.00. The lowest BCUT2D eigenvalue weighted by Gasteiger charge is -2.01. The number of thiazole rings is 1. The third-order valence-corrected chi connectivity index (χ3v) is 3.22. The highest BCUT2D eigenvalue weighted by Gasteiger charge is 2.12. The molecule has 21 heavy (non-hydrogen) atoms. The summed E-state index contributed by atoms with van der Waals surface area (Å²) in [6.07, 6.45) is 0.0579. The molecule has 0 aliphatic rings. The fraction of sp³-hybridized carbons (Fsp3) is 0.231. The number of aromatic nitrogens is 2. The zero-order valence-electron chi connectivity index (χ0n) is 11.2. The van der Waals surface area contributed by atoms with Gasteiger partial charge in [0.25, 0.3) is 5.91 Å². The van der Waals surface area contributed by atoms with E-state index >= 15 is 0 Å². The summed E-state index contributed by atoms with van der Waals surface area (Å²) in [4.78, 5) is 40.9. The van der Waals surface area contributed by atoms with Crippen molar-refractivity contribution in [1.29, 1.82) is 0 Å². The van der Waals surface area contributed by atoms with E-state index in [9.17, 15) is 14.4 Å². The van der Waals surface area contributed by atoms with Gasteiger partial charge >= 0.3 is 5.97 Å². The summed E-state index contributed by atoms with van der Waals surface area (Å²) in [5.74, 6) is -0.835. The number of H-pyrrole nitrogens is 1. The first-order valence-corrected chi connectivity index (χ1v) is 7.07. The molecule has 7 nitrogen and oxygen atoms in total. The normalized spacial score (nSPS) is 10.1. The number of ether oxygens (including phenoxy) is 1. The summed E-state index contributed by atoms with van der Waals surface area (Å²) in [5.41, 5.74) is 0.310. The number of nitrogens with zero attached hydrogens (tertiary/aromatic N) is 1. The topological polar surface area (TPSA) is 101 Å². The molecule has 0 aliphatic heterocycles. The van der Waals surface area contributed by atoms with Crippen molar-refractivity contribution in [3.8, 4) is 0 Å². The van der Waals surface area contributed by atoms with Crippen LogP contribution < -0.4 is 10.9 Å². The Labute approximate surface area is 124 Å². The molecule has 0 bridgehead atoms. The molecule has 0 saturated carbocycles. The van der Waals surface area contributed by atoms with E-state index in [1.165, 1.54) is 29.5 Å². The van der Waals surface area contributed by atoms with E-state index in [2.05, 4.69) is 15.3 Å². The highest BCUT2D eigenvalue weighted by Crippen LogP contribution is 2.16. The fourth-order valence-electron chi connectivity index (χ4n) is 1.55. The molecule has 0 atom stereocenters. The smallest absolute Gasteiger partial charge is 0.311 e. The molecule has 0 aromatic carbocycles. The van der Waals surface area contributed by atoms with Crippen LogP contribution in [0.4, 0.5) is 5.13 Å². The minimum Gasteiger partial charge on any atom is -0.466 e. The standard InChI is InChI=1S/C13H13N3O4S/c1-2-20-11(18)6-8-7-21-13(14-8)16-12(19)9-4-3-5-10(17)15-9/h3-5,7H,2,6H2,1H3,(H,15,17)(H,14,16,19). The second-order valence-corrected chi connectivity index (χ2v) is 4.87. The molecule has 0 unspecified atom stereocenters. The highest BCUT2D eigenvalue weighted by atomic mass is 32.1. The quantitative estimate of drug-likeness (QED) is 0.808. The zero-order valence-corrected chi connectivity index (χ0v) is 12.0. The summed E-state index contributed by atoms with van der Waals surface area (Å²) in [6.45, 7) is 2.04. The molecule has 8 heteroatoms. The minimum atomic E-state index is -0.468. The Kier molecular flexibility index (Phi) is 4.83. The molecule has 2 heterocycles. The second kappa shape index (κ2) is 6.80. The molecule has 0 radical (unpaired) electrons. The van der Waals surface area contributed by atoms with Gasteiger partial charge in [-0.15, -0.1) is 11.3 Å². The first kappa shape index (κ1) is 14.9. The van der Waals surface area contributed by atoms with Crippen LogP contribution in [0.2, 0.25) is 0 Å². The van der Waals surface area contributed by atoms with Crippen LogP contribution in [-0.2, 0) is 16.0 Å². The molecule has 0 fully saturated rings. The number of carbonyl (C=O) groups is 2. The number of esters is 1. The number of hydrogen-bond acceptors (Lipinski definition) is 6.